The van der Waals surface area contributed by atoms with Gasteiger partial charge in [0, 0.05) is 24.3 Å². The number of H-pyrrole nitrogens is 1. The van der Waals surface area contributed by atoms with E-state index in [0.29, 0.717) is 5.92 Å². The maximum absolute atomic E-state index is 13.0. The lowest BCUT2D eigenvalue weighted by Crippen LogP contribution is -2.39. The minimum atomic E-state index is -4.53. The molecule has 0 spiro atoms. The number of hydrogen-bond acceptors (Lipinski definition) is 3. The molecule has 1 aliphatic carbocycles. The van der Waals surface area contributed by atoms with Crippen LogP contribution in [0.2, 0.25) is 5.02 Å². The summed E-state index contributed by atoms with van der Waals surface area (Å²) in [6.45, 7) is 0.798. The standard InChI is InChI=1S/C24H24ClF3N4O/c25-21-11-8-17(24(26,27)28)14-20(21)23(33)30-18-9-6-16(7-10-18)15-32(22-12-13-29-31-22)19-4-2-1-3-5-19/h1-5,8,11-14,16,18H,6-7,9-10,15H2,(H,29,31)(H,30,33). The molecule has 0 atom stereocenters. The fraction of sp³-hybridized carbons (Fsp3) is 0.333. The summed E-state index contributed by atoms with van der Waals surface area (Å²) in [5, 5.41) is 9.97. The van der Waals surface area contributed by atoms with Gasteiger partial charge in [0.1, 0.15) is 5.82 Å². The summed E-state index contributed by atoms with van der Waals surface area (Å²) in [6.07, 6.45) is 0.461. The second-order valence-corrected chi connectivity index (χ2v) is 8.68. The quantitative estimate of drug-likeness (QED) is 0.444. The Balaban J connectivity index is 1.37. The summed E-state index contributed by atoms with van der Waals surface area (Å²) in [7, 11) is 0. The number of anilines is 2. The third-order valence-electron chi connectivity index (χ3n) is 6.01. The van der Waals surface area contributed by atoms with E-state index in [9.17, 15) is 18.0 Å². The first-order chi connectivity index (χ1) is 15.8. The molecular formula is C24H24ClF3N4O. The summed E-state index contributed by atoms with van der Waals surface area (Å²) in [6, 6.07) is 14.7. The minimum Gasteiger partial charge on any atom is -0.349 e. The molecule has 1 amide bonds. The molecule has 0 aliphatic heterocycles. The Labute approximate surface area is 194 Å². The topological polar surface area (TPSA) is 61.0 Å². The monoisotopic (exact) mass is 476 g/mol. The van der Waals surface area contributed by atoms with Crippen molar-refractivity contribution in [3.05, 3.63) is 76.9 Å². The van der Waals surface area contributed by atoms with Crippen molar-refractivity contribution in [3.63, 3.8) is 0 Å². The van der Waals surface area contributed by atoms with Crippen molar-refractivity contribution in [2.75, 3.05) is 11.4 Å². The van der Waals surface area contributed by atoms with E-state index in [1.54, 1.807) is 6.20 Å². The molecule has 174 valence electrons. The number of aromatic amines is 1. The van der Waals surface area contributed by atoms with Crippen LogP contribution in [0.25, 0.3) is 0 Å². The van der Waals surface area contributed by atoms with E-state index in [0.717, 1.165) is 61.9 Å². The van der Waals surface area contributed by atoms with E-state index in [1.807, 2.05) is 36.4 Å². The molecular weight excluding hydrogens is 453 g/mol. The van der Waals surface area contributed by atoms with Crippen molar-refractivity contribution >= 4 is 29.0 Å². The number of nitrogens with zero attached hydrogens (tertiary/aromatic N) is 2. The Morgan fingerprint density at radius 2 is 1.82 bits per heavy atom. The van der Waals surface area contributed by atoms with Crippen molar-refractivity contribution in [2.45, 2.75) is 37.9 Å². The van der Waals surface area contributed by atoms with Crippen LogP contribution in [0.15, 0.2) is 60.8 Å². The van der Waals surface area contributed by atoms with Crippen molar-refractivity contribution in [1.29, 1.82) is 0 Å². The number of benzene rings is 2. The molecule has 0 bridgehead atoms. The molecule has 0 unspecified atom stereocenters. The number of aromatic nitrogens is 2. The van der Waals surface area contributed by atoms with Crippen molar-refractivity contribution in [3.8, 4) is 0 Å². The smallest absolute Gasteiger partial charge is 0.349 e. The first kappa shape index (κ1) is 23.2. The van der Waals surface area contributed by atoms with Crippen molar-refractivity contribution < 1.29 is 18.0 Å². The van der Waals surface area contributed by atoms with Crippen LogP contribution in [-0.2, 0) is 6.18 Å². The number of carbonyl (C=O) groups is 1. The minimum absolute atomic E-state index is 0.00671. The molecule has 0 radical (unpaired) electrons. The highest BCUT2D eigenvalue weighted by Crippen LogP contribution is 2.33. The first-order valence-electron chi connectivity index (χ1n) is 10.8. The lowest BCUT2D eigenvalue weighted by Gasteiger charge is -2.33. The van der Waals surface area contributed by atoms with Crippen LogP contribution in [0.5, 0.6) is 0 Å². The van der Waals surface area contributed by atoms with E-state index in [4.69, 9.17) is 11.6 Å². The molecule has 9 heteroatoms. The molecule has 1 aliphatic rings. The summed E-state index contributed by atoms with van der Waals surface area (Å²) >= 11 is 6.00. The summed E-state index contributed by atoms with van der Waals surface area (Å²) in [5.74, 6) is 0.743. The van der Waals surface area contributed by atoms with Gasteiger partial charge in [0.15, 0.2) is 0 Å². The molecule has 4 rings (SSSR count). The third-order valence-corrected chi connectivity index (χ3v) is 6.34. The van der Waals surface area contributed by atoms with Crippen molar-refractivity contribution in [1.82, 2.24) is 15.5 Å². The second kappa shape index (κ2) is 9.87. The highest BCUT2D eigenvalue weighted by atomic mass is 35.5. The van der Waals surface area contributed by atoms with Gasteiger partial charge in [-0.05, 0) is 61.9 Å². The van der Waals surface area contributed by atoms with Gasteiger partial charge in [-0.25, -0.2) is 0 Å². The third kappa shape index (κ3) is 5.68. The molecule has 1 fully saturated rings. The van der Waals surface area contributed by atoms with Crippen LogP contribution in [0, 0.1) is 5.92 Å². The molecule has 0 saturated heterocycles. The number of carbonyl (C=O) groups excluding carboxylic acids is 1. The normalized spacial score (nSPS) is 18.7. The maximum atomic E-state index is 13.0. The molecule has 2 aromatic carbocycles. The molecule has 1 heterocycles. The number of halogens is 4. The van der Waals surface area contributed by atoms with Gasteiger partial charge >= 0.3 is 6.18 Å². The molecule has 5 nitrogen and oxygen atoms in total. The van der Waals surface area contributed by atoms with Gasteiger partial charge in [0.25, 0.3) is 5.91 Å². The molecule has 1 saturated carbocycles. The van der Waals surface area contributed by atoms with Gasteiger partial charge in [-0.1, -0.05) is 29.8 Å². The van der Waals surface area contributed by atoms with E-state index in [1.165, 1.54) is 0 Å². The van der Waals surface area contributed by atoms with E-state index < -0.39 is 17.6 Å². The van der Waals surface area contributed by atoms with Gasteiger partial charge in [0.2, 0.25) is 0 Å². The number of nitrogens with one attached hydrogen (secondary N) is 2. The number of rotatable bonds is 6. The van der Waals surface area contributed by atoms with Crippen LogP contribution < -0.4 is 10.2 Å². The van der Waals surface area contributed by atoms with Gasteiger partial charge in [-0.15, -0.1) is 0 Å². The van der Waals surface area contributed by atoms with E-state index in [2.05, 4.69) is 20.4 Å². The molecule has 1 aromatic heterocycles. The fourth-order valence-corrected chi connectivity index (χ4v) is 4.44. The van der Waals surface area contributed by atoms with Crippen LogP contribution in [0.4, 0.5) is 24.7 Å². The second-order valence-electron chi connectivity index (χ2n) is 8.27. The number of hydrogen-bond donors (Lipinski definition) is 2. The van der Waals surface area contributed by atoms with Gasteiger partial charge in [0.05, 0.1) is 22.3 Å². The largest absolute Gasteiger partial charge is 0.416 e. The van der Waals surface area contributed by atoms with Gasteiger partial charge in [-0.2, -0.15) is 18.3 Å². The first-order valence-corrected chi connectivity index (χ1v) is 11.2. The Hall–Kier alpha value is -3.00. The lowest BCUT2D eigenvalue weighted by molar-refractivity contribution is -0.137. The molecule has 3 aromatic rings. The SMILES string of the molecule is O=C(NC1CCC(CN(c2ccccc2)c2ccn[nH]2)CC1)c1cc(C(F)(F)F)ccc1Cl. The Kier molecular flexibility index (Phi) is 6.93. The Bertz CT molecular complexity index is 1070. The van der Waals surface area contributed by atoms with Crippen molar-refractivity contribution in [2.24, 2.45) is 5.92 Å². The molecule has 2 N–H and O–H groups in total. The average molecular weight is 477 g/mol. The van der Waals surface area contributed by atoms with Crippen LogP contribution in [0.3, 0.4) is 0 Å². The lowest BCUT2D eigenvalue weighted by atomic mass is 9.85. The number of amides is 1. The van der Waals surface area contributed by atoms with Gasteiger partial charge < -0.3 is 10.2 Å². The predicted molar refractivity (Wildman–Crippen MR) is 122 cm³/mol. The summed E-state index contributed by atoms with van der Waals surface area (Å²) in [5.41, 5.74) is 0.0278. The zero-order chi connectivity index (χ0) is 23.4. The van der Waals surface area contributed by atoms with Gasteiger partial charge in [-0.3, -0.25) is 9.89 Å². The van der Waals surface area contributed by atoms with E-state index in [-0.39, 0.29) is 16.6 Å². The predicted octanol–water partition coefficient (Wildman–Crippen LogP) is 6.21. The average Bonchev–Trinajstić information content (AvgIpc) is 3.33. The Morgan fingerprint density at radius 1 is 1.09 bits per heavy atom. The number of para-hydroxylation sites is 1. The Morgan fingerprint density at radius 3 is 2.45 bits per heavy atom. The summed E-state index contributed by atoms with van der Waals surface area (Å²) < 4.78 is 39.0. The van der Waals surface area contributed by atoms with Crippen LogP contribution >= 0.6 is 11.6 Å². The maximum Gasteiger partial charge on any atom is 0.416 e. The zero-order valence-electron chi connectivity index (χ0n) is 17.8. The highest BCUT2D eigenvalue weighted by molar-refractivity contribution is 6.33. The van der Waals surface area contributed by atoms with E-state index >= 15 is 0 Å². The fourth-order valence-electron chi connectivity index (χ4n) is 4.24. The van der Waals surface area contributed by atoms with Crippen LogP contribution in [-0.4, -0.2) is 28.7 Å². The zero-order valence-corrected chi connectivity index (χ0v) is 18.5. The van der Waals surface area contributed by atoms with Crippen LogP contribution in [0.1, 0.15) is 41.6 Å². The molecule has 33 heavy (non-hydrogen) atoms. The highest BCUT2D eigenvalue weighted by Gasteiger charge is 2.32. The summed E-state index contributed by atoms with van der Waals surface area (Å²) in [4.78, 5) is 14.8. The number of alkyl halides is 3.